The van der Waals surface area contributed by atoms with E-state index >= 15 is 0 Å². The molecule has 0 aliphatic rings. The molecule has 6 nitrogen and oxygen atoms in total. The Kier molecular flexibility index (Phi) is 6.38. The molecule has 0 atom stereocenters. The second-order valence-electron chi connectivity index (χ2n) is 6.04. The van der Waals surface area contributed by atoms with Crippen molar-refractivity contribution in [2.45, 2.75) is 20.8 Å². The van der Waals surface area contributed by atoms with Crippen molar-refractivity contribution in [2.24, 2.45) is 0 Å². The number of nitrogens with one attached hydrogen (secondary N) is 2. The molecule has 6 heteroatoms. The fourth-order valence-corrected chi connectivity index (χ4v) is 2.27. The molecule has 0 heterocycles. The van der Waals surface area contributed by atoms with Crippen molar-refractivity contribution in [3.63, 3.8) is 0 Å². The summed E-state index contributed by atoms with van der Waals surface area (Å²) in [7, 11) is 0. The van der Waals surface area contributed by atoms with Gasteiger partial charge in [-0.2, -0.15) is 0 Å². The van der Waals surface area contributed by atoms with Crippen LogP contribution in [-0.2, 0) is 9.59 Å². The summed E-state index contributed by atoms with van der Waals surface area (Å²) in [6, 6.07) is 13.0. The van der Waals surface area contributed by atoms with Crippen LogP contribution in [0.2, 0.25) is 0 Å². The number of hydrogen-bond acceptors (Lipinski definition) is 4. The molecule has 0 aromatic heterocycles. The number of hydrogen-bond donors (Lipinski definition) is 2. The van der Waals surface area contributed by atoms with E-state index in [9.17, 15) is 19.2 Å². The summed E-state index contributed by atoms with van der Waals surface area (Å²) < 4.78 is 0. The molecule has 0 unspecified atom stereocenters. The normalized spacial score (nSPS) is 10.9. The van der Waals surface area contributed by atoms with Crippen molar-refractivity contribution in [1.82, 2.24) is 0 Å². The Morgan fingerprint density at radius 2 is 1.37 bits per heavy atom. The Bertz CT molecular complexity index is 927. The van der Waals surface area contributed by atoms with Gasteiger partial charge in [0.2, 0.25) is 5.91 Å². The SMILES string of the molecule is CC(=O)c1ccc(NC(=O)/C(C)=C\C(=O)Nc2cccc(C(C)=O)c2)cc1. The lowest BCUT2D eigenvalue weighted by molar-refractivity contribution is -0.114. The fourth-order valence-electron chi connectivity index (χ4n) is 2.27. The maximum absolute atomic E-state index is 12.2. The second-order valence-corrected chi connectivity index (χ2v) is 6.04. The third kappa shape index (κ3) is 5.74. The number of amides is 2. The van der Waals surface area contributed by atoms with E-state index in [0.29, 0.717) is 22.5 Å². The molecule has 0 aliphatic carbocycles. The standard InChI is InChI=1S/C21H20N2O4/c1-13(21(27)23-18-9-7-16(8-10-18)14(2)24)11-20(26)22-19-6-4-5-17(12-19)15(3)25/h4-12H,1-3H3,(H,22,26)(H,23,27)/b13-11-. The molecule has 0 aliphatic heterocycles. The largest absolute Gasteiger partial charge is 0.322 e. The maximum atomic E-state index is 12.2. The predicted molar refractivity (Wildman–Crippen MR) is 104 cm³/mol. The lowest BCUT2D eigenvalue weighted by Gasteiger charge is -2.07. The average molecular weight is 364 g/mol. The van der Waals surface area contributed by atoms with Crippen LogP contribution in [0.3, 0.4) is 0 Å². The number of carbonyl (C=O) groups excluding carboxylic acids is 4. The van der Waals surface area contributed by atoms with E-state index in [2.05, 4.69) is 10.6 Å². The van der Waals surface area contributed by atoms with Gasteiger partial charge in [0.15, 0.2) is 11.6 Å². The van der Waals surface area contributed by atoms with Crippen LogP contribution in [0.25, 0.3) is 0 Å². The van der Waals surface area contributed by atoms with E-state index in [1.165, 1.54) is 26.8 Å². The minimum Gasteiger partial charge on any atom is -0.322 e. The highest BCUT2D eigenvalue weighted by Crippen LogP contribution is 2.13. The third-order valence-electron chi connectivity index (χ3n) is 3.79. The number of ketones is 2. The van der Waals surface area contributed by atoms with E-state index < -0.39 is 11.8 Å². The van der Waals surface area contributed by atoms with Gasteiger partial charge in [-0.05, 0) is 57.2 Å². The molecule has 138 valence electrons. The Morgan fingerprint density at radius 3 is 1.96 bits per heavy atom. The maximum Gasteiger partial charge on any atom is 0.251 e. The van der Waals surface area contributed by atoms with Gasteiger partial charge in [-0.1, -0.05) is 12.1 Å². The van der Waals surface area contributed by atoms with E-state index in [4.69, 9.17) is 0 Å². The third-order valence-corrected chi connectivity index (χ3v) is 3.79. The minimum atomic E-state index is -0.477. The van der Waals surface area contributed by atoms with Gasteiger partial charge in [0.05, 0.1) is 0 Å². The Hall–Kier alpha value is -3.54. The van der Waals surface area contributed by atoms with Gasteiger partial charge in [0.25, 0.3) is 5.91 Å². The molecule has 0 saturated heterocycles. The van der Waals surface area contributed by atoms with Crippen LogP contribution >= 0.6 is 0 Å². The number of carbonyl (C=O) groups is 4. The fraction of sp³-hybridized carbons (Fsp3) is 0.143. The highest BCUT2D eigenvalue weighted by molar-refractivity contribution is 6.10. The first-order chi connectivity index (χ1) is 12.8. The molecule has 0 fully saturated rings. The number of benzene rings is 2. The van der Waals surface area contributed by atoms with E-state index in [1.807, 2.05) is 0 Å². The molecule has 2 N–H and O–H groups in total. The lowest BCUT2D eigenvalue weighted by Crippen LogP contribution is -2.16. The Balaban J connectivity index is 2.01. The smallest absolute Gasteiger partial charge is 0.251 e. The van der Waals surface area contributed by atoms with Crippen LogP contribution in [0, 0.1) is 0 Å². The molecule has 0 spiro atoms. The Morgan fingerprint density at radius 1 is 0.741 bits per heavy atom. The summed E-state index contributed by atoms with van der Waals surface area (Å²) >= 11 is 0. The van der Waals surface area contributed by atoms with Crippen LogP contribution in [-0.4, -0.2) is 23.4 Å². The molecule has 2 aromatic carbocycles. The Labute approximate surface area is 157 Å². The molecule has 2 aromatic rings. The number of anilines is 2. The molecule has 0 radical (unpaired) electrons. The van der Waals surface area contributed by atoms with Crippen molar-refractivity contribution >= 4 is 34.8 Å². The van der Waals surface area contributed by atoms with Gasteiger partial charge in [0.1, 0.15) is 0 Å². The molecular weight excluding hydrogens is 344 g/mol. The van der Waals surface area contributed by atoms with Crippen LogP contribution in [0.1, 0.15) is 41.5 Å². The van der Waals surface area contributed by atoms with Crippen molar-refractivity contribution < 1.29 is 19.2 Å². The van der Waals surface area contributed by atoms with Crippen molar-refractivity contribution in [1.29, 1.82) is 0 Å². The van der Waals surface area contributed by atoms with E-state index in [0.717, 1.165) is 0 Å². The first-order valence-electron chi connectivity index (χ1n) is 8.29. The number of Topliss-reactive ketones (excluding diaryl/α,β-unsaturated/α-hetero) is 2. The van der Waals surface area contributed by atoms with E-state index in [-0.39, 0.29) is 17.1 Å². The summed E-state index contributed by atoms with van der Waals surface area (Å²) in [6.07, 6.45) is 1.18. The summed E-state index contributed by atoms with van der Waals surface area (Å²) in [5, 5.41) is 5.28. The monoisotopic (exact) mass is 364 g/mol. The molecular formula is C21H20N2O4. The van der Waals surface area contributed by atoms with Gasteiger partial charge in [-0.25, -0.2) is 0 Å². The zero-order valence-electron chi connectivity index (χ0n) is 15.3. The van der Waals surface area contributed by atoms with Gasteiger partial charge >= 0.3 is 0 Å². The summed E-state index contributed by atoms with van der Waals surface area (Å²) in [5.74, 6) is -1.07. The summed E-state index contributed by atoms with van der Waals surface area (Å²) in [6.45, 7) is 4.42. The number of rotatable bonds is 6. The predicted octanol–water partition coefficient (Wildman–Crippen LogP) is 3.62. The minimum absolute atomic E-state index is 0.0607. The van der Waals surface area contributed by atoms with Crippen molar-refractivity contribution in [3.8, 4) is 0 Å². The molecule has 0 bridgehead atoms. The topological polar surface area (TPSA) is 92.3 Å². The lowest BCUT2D eigenvalue weighted by atomic mass is 10.1. The molecule has 27 heavy (non-hydrogen) atoms. The second kappa shape index (κ2) is 8.71. The van der Waals surface area contributed by atoms with Gasteiger partial charge in [-0.15, -0.1) is 0 Å². The zero-order valence-corrected chi connectivity index (χ0v) is 15.3. The van der Waals surface area contributed by atoms with Crippen LogP contribution < -0.4 is 10.6 Å². The summed E-state index contributed by atoms with van der Waals surface area (Å²) in [5.41, 5.74) is 2.24. The average Bonchev–Trinajstić information content (AvgIpc) is 2.62. The highest BCUT2D eigenvalue weighted by Gasteiger charge is 2.09. The van der Waals surface area contributed by atoms with Crippen LogP contribution in [0.5, 0.6) is 0 Å². The van der Waals surface area contributed by atoms with Crippen LogP contribution in [0.4, 0.5) is 11.4 Å². The first-order valence-corrected chi connectivity index (χ1v) is 8.29. The van der Waals surface area contributed by atoms with Gasteiger partial charge in [0, 0.05) is 34.2 Å². The molecule has 2 rings (SSSR count). The first kappa shape index (κ1) is 19.8. The quantitative estimate of drug-likeness (QED) is 0.605. The van der Waals surface area contributed by atoms with Crippen LogP contribution in [0.15, 0.2) is 60.2 Å². The van der Waals surface area contributed by atoms with Crippen molar-refractivity contribution in [2.75, 3.05) is 10.6 Å². The van der Waals surface area contributed by atoms with E-state index in [1.54, 1.807) is 48.5 Å². The highest BCUT2D eigenvalue weighted by atomic mass is 16.2. The molecule has 0 saturated carbocycles. The van der Waals surface area contributed by atoms with Gasteiger partial charge < -0.3 is 10.6 Å². The summed E-state index contributed by atoms with van der Waals surface area (Å²) in [4.78, 5) is 46.9. The van der Waals surface area contributed by atoms with Crippen molar-refractivity contribution in [3.05, 3.63) is 71.3 Å². The van der Waals surface area contributed by atoms with Gasteiger partial charge in [-0.3, -0.25) is 19.2 Å². The zero-order chi connectivity index (χ0) is 20.0. The molecule has 2 amide bonds.